The zero-order valence-corrected chi connectivity index (χ0v) is 22.6. The molecule has 2 saturated heterocycles. The number of pyridine rings is 1. The summed E-state index contributed by atoms with van der Waals surface area (Å²) in [5, 5.41) is 1.12. The third kappa shape index (κ3) is 5.15. The van der Waals surface area contributed by atoms with Gasteiger partial charge in [-0.3, -0.25) is 9.78 Å². The predicted octanol–water partition coefficient (Wildman–Crippen LogP) is 3.36. The second kappa shape index (κ2) is 10.3. The highest BCUT2D eigenvalue weighted by Gasteiger charge is 2.36. The lowest BCUT2D eigenvalue weighted by atomic mass is 9.97. The van der Waals surface area contributed by atoms with Crippen LogP contribution in [0.3, 0.4) is 0 Å². The Morgan fingerprint density at radius 2 is 1.68 bits per heavy atom. The van der Waals surface area contributed by atoms with Gasteiger partial charge in [-0.25, -0.2) is 8.42 Å². The summed E-state index contributed by atoms with van der Waals surface area (Å²) < 4.78 is 28.1. The molecule has 1 aromatic heterocycles. The van der Waals surface area contributed by atoms with Crippen LogP contribution in [-0.2, 0) is 14.8 Å². The molecule has 8 nitrogen and oxygen atoms in total. The van der Waals surface area contributed by atoms with Gasteiger partial charge in [0.2, 0.25) is 15.9 Å². The highest BCUT2D eigenvalue weighted by molar-refractivity contribution is 7.89. The first-order valence-corrected chi connectivity index (χ1v) is 14.4. The minimum Gasteiger partial charge on any atom is -0.378 e. The lowest BCUT2D eigenvalue weighted by Gasteiger charge is -2.39. The minimum atomic E-state index is -3.64. The molecule has 3 aromatic rings. The van der Waals surface area contributed by atoms with E-state index in [1.54, 1.807) is 12.1 Å². The summed E-state index contributed by atoms with van der Waals surface area (Å²) in [7, 11) is 0.201. The van der Waals surface area contributed by atoms with Crippen molar-refractivity contribution < 1.29 is 13.2 Å². The number of piperidine rings is 1. The van der Waals surface area contributed by atoms with E-state index >= 15 is 0 Å². The summed E-state index contributed by atoms with van der Waals surface area (Å²) in [6, 6.07) is 17.2. The maximum absolute atomic E-state index is 13.5. The van der Waals surface area contributed by atoms with E-state index in [9.17, 15) is 13.2 Å². The lowest BCUT2D eigenvalue weighted by Crippen LogP contribution is -2.53. The first kappa shape index (κ1) is 25.5. The molecule has 0 N–H and O–H groups in total. The highest BCUT2D eigenvalue weighted by Crippen LogP contribution is 2.29. The smallest absolute Gasteiger partial charge is 0.243 e. The number of benzene rings is 2. The van der Waals surface area contributed by atoms with Gasteiger partial charge in [-0.15, -0.1) is 0 Å². The van der Waals surface area contributed by atoms with E-state index in [2.05, 4.69) is 22.0 Å². The number of hydrogen-bond donors (Lipinski definition) is 0. The van der Waals surface area contributed by atoms with E-state index in [1.807, 2.05) is 61.2 Å². The van der Waals surface area contributed by atoms with Crippen molar-refractivity contribution in [1.82, 2.24) is 14.2 Å². The van der Waals surface area contributed by atoms with Crippen molar-refractivity contribution in [2.75, 3.05) is 63.2 Å². The average Bonchev–Trinajstić information content (AvgIpc) is 2.92. The van der Waals surface area contributed by atoms with Gasteiger partial charge in [0.1, 0.15) is 0 Å². The van der Waals surface area contributed by atoms with Gasteiger partial charge in [-0.05, 0) is 56.2 Å². The zero-order chi connectivity index (χ0) is 26.2. The summed E-state index contributed by atoms with van der Waals surface area (Å²) in [6.07, 6.45) is 1.41. The molecule has 0 spiro atoms. The summed E-state index contributed by atoms with van der Waals surface area (Å²) in [5.41, 5.74) is 4.06. The fraction of sp³-hybridized carbons (Fsp3) is 0.429. The number of sulfonamides is 1. The van der Waals surface area contributed by atoms with E-state index in [-0.39, 0.29) is 23.3 Å². The monoisotopic (exact) mass is 521 g/mol. The molecule has 2 aromatic carbocycles. The number of amides is 1. The van der Waals surface area contributed by atoms with Crippen LogP contribution in [0.4, 0.5) is 11.4 Å². The SMILES string of the molecule is Cc1cc(N2CCN(C(=O)C3CCCN(S(=O)(=O)c4ccc(N(C)C)cc4)C3)CC2)c2ccccc2n1. The van der Waals surface area contributed by atoms with Gasteiger partial charge >= 0.3 is 0 Å². The summed E-state index contributed by atoms with van der Waals surface area (Å²) in [6.45, 7) is 5.44. The van der Waals surface area contributed by atoms with Gasteiger partial charge in [-0.1, -0.05) is 18.2 Å². The Morgan fingerprint density at radius 1 is 0.973 bits per heavy atom. The number of nitrogens with zero attached hydrogens (tertiary/aromatic N) is 5. The number of anilines is 2. The van der Waals surface area contributed by atoms with Crippen LogP contribution in [0.15, 0.2) is 59.5 Å². The van der Waals surface area contributed by atoms with Crippen LogP contribution < -0.4 is 9.80 Å². The largest absolute Gasteiger partial charge is 0.378 e. The Morgan fingerprint density at radius 3 is 2.38 bits per heavy atom. The maximum Gasteiger partial charge on any atom is 0.243 e. The van der Waals surface area contributed by atoms with E-state index in [0.717, 1.165) is 47.5 Å². The molecule has 0 radical (unpaired) electrons. The third-order valence-corrected chi connectivity index (χ3v) is 9.36. The second-order valence-electron chi connectivity index (χ2n) is 10.2. The van der Waals surface area contributed by atoms with Gasteiger partial charge in [0, 0.05) is 75.8 Å². The topological polar surface area (TPSA) is 77.1 Å². The Bertz CT molecular complexity index is 1380. The highest BCUT2D eigenvalue weighted by atomic mass is 32.2. The summed E-state index contributed by atoms with van der Waals surface area (Å²) >= 11 is 0. The molecule has 9 heteroatoms. The van der Waals surface area contributed by atoms with Crippen molar-refractivity contribution in [1.29, 1.82) is 0 Å². The van der Waals surface area contributed by atoms with Gasteiger partial charge in [-0.2, -0.15) is 4.31 Å². The number of piperazine rings is 1. The van der Waals surface area contributed by atoms with Crippen LogP contribution in [-0.4, -0.2) is 81.9 Å². The van der Waals surface area contributed by atoms with Crippen molar-refractivity contribution >= 4 is 38.2 Å². The standard InChI is InChI=1S/C28H35N5O3S/c1-21-19-27(25-8-4-5-9-26(25)29-21)31-15-17-32(18-16-31)28(34)22-7-6-14-33(20-22)37(35,36)24-12-10-23(11-13-24)30(2)3/h4-5,8-13,19,22H,6-7,14-18,20H2,1-3H3. The molecule has 2 aliphatic heterocycles. The normalized spacial score (nSPS) is 19.3. The van der Waals surface area contributed by atoms with Crippen LogP contribution >= 0.6 is 0 Å². The van der Waals surface area contributed by atoms with Crippen molar-refractivity contribution in [3.05, 3.63) is 60.3 Å². The van der Waals surface area contributed by atoms with Crippen LogP contribution in [0.2, 0.25) is 0 Å². The van der Waals surface area contributed by atoms with E-state index in [0.29, 0.717) is 26.1 Å². The number of carbonyl (C=O) groups excluding carboxylic acids is 1. The molecular formula is C28H35N5O3S. The number of aromatic nitrogens is 1. The van der Waals surface area contributed by atoms with Gasteiger partial charge in [0.05, 0.1) is 16.3 Å². The molecule has 0 saturated carbocycles. The molecule has 1 unspecified atom stereocenters. The van der Waals surface area contributed by atoms with Crippen molar-refractivity contribution in [3.63, 3.8) is 0 Å². The molecule has 0 aliphatic carbocycles. The molecule has 37 heavy (non-hydrogen) atoms. The van der Waals surface area contributed by atoms with Crippen molar-refractivity contribution in [2.45, 2.75) is 24.7 Å². The van der Waals surface area contributed by atoms with E-state index in [1.165, 1.54) is 4.31 Å². The lowest BCUT2D eigenvalue weighted by molar-refractivity contribution is -0.137. The first-order chi connectivity index (χ1) is 17.7. The summed E-state index contributed by atoms with van der Waals surface area (Å²) in [5.74, 6) is -0.238. The zero-order valence-electron chi connectivity index (χ0n) is 21.8. The summed E-state index contributed by atoms with van der Waals surface area (Å²) in [4.78, 5) is 24.6. The van der Waals surface area contributed by atoms with E-state index in [4.69, 9.17) is 0 Å². The fourth-order valence-electron chi connectivity index (χ4n) is 5.40. The van der Waals surface area contributed by atoms with Crippen LogP contribution in [0.25, 0.3) is 10.9 Å². The maximum atomic E-state index is 13.5. The quantitative estimate of drug-likeness (QED) is 0.513. The third-order valence-electron chi connectivity index (χ3n) is 7.48. The Kier molecular flexibility index (Phi) is 7.09. The molecule has 3 heterocycles. The Balaban J connectivity index is 1.24. The number of aryl methyl sites for hydroxylation is 1. The number of carbonyl (C=O) groups is 1. The molecule has 196 valence electrons. The minimum absolute atomic E-state index is 0.0678. The predicted molar refractivity (Wildman–Crippen MR) is 148 cm³/mol. The average molecular weight is 522 g/mol. The number of para-hydroxylation sites is 1. The fourth-order valence-corrected chi connectivity index (χ4v) is 6.92. The van der Waals surface area contributed by atoms with Gasteiger partial charge in [0.15, 0.2) is 0 Å². The van der Waals surface area contributed by atoms with Crippen LogP contribution in [0.1, 0.15) is 18.5 Å². The molecule has 1 atom stereocenters. The van der Waals surface area contributed by atoms with Gasteiger partial charge < -0.3 is 14.7 Å². The van der Waals surface area contributed by atoms with Gasteiger partial charge in [0.25, 0.3) is 0 Å². The molecule has 2 aliphatic rings. The van der Waals surface area contributed by atoms with Crippen molar-refractivity contribution in [2.24, 2.45) is 5.92 Å². The van der Waals surface area contributed by atoms with Crippen LogP contribution in [0.5, 0.6) is 0 Å². The molecule has 2 fully saturated rings. The Hall–Kier alpha value is -3.17. The van der Waals surface area contributed by atoms with Crippen LogP contribution in [0, 0.1) is 12.8 Å². The first-order valence-electron chi connectivity index (χ1n) is 12.9. The molecule has 0 bridgehead atoms. The number of hydrogen-bond acceptors (Lipinski definition) is 6. The van der Waals surface area contributed by atoms with Crippen molar-refractivity contribution in [3.8, 4) is 0 Å². The number of rotatable bonds is 5. The van der Waals surface area contributed by atoms with E-state index < -0.39 is 10.0 Å². The second-order valence-corrected chi connectivity index (χ2v) is 12.1. The molecular weight excluding hydrogens is 486 g/mol. The molecule has 5 rings (SSSR count). The number of fused-ring (bicyclic) bond motifs is 1. The molecule has 1 amide bonds. The Labute approximate surface area is 219 Å².